The highest BCUT2D eigenvalue weighted by molar-refractivity contribution is 5.93. The Bertz CT molecular complexity index is 356. The lowest BCUT2D eigenvalue weighted by atomic mass is 10.0. The first-order valence-electron chi connectivity index (χ1n) is 7.48. The van der Waals surface area contributed by atoms with Crippen molar-refractivity contribution in [3.8, 4) is 0 Å². The Labute approximate surface area is 117 Å². The zero-order valence-electron chi connectivity index (χ0n) is 12.4. The maximum Gasteiger partial charge on any atom is 0.159 e. The monoisotopic (exact) mass is 261 g/mol. The SMILES string of the molecule is CNCCCCCCCCc1ccc(C(C)=O)cc1. The van der Waals surface area contributed by atoms with Crippen molar-refractivity contribution >= 4 is 5.78 Å². The van der Waals surface area contributed by atoms with Crippen molar-refractivity contribution in [2.24, 2.45) is 0 Å². The molecule has 0 amide bonds. The average Bonchev–Trinajstić information content (AvgIpc) is 2.42. The molecule has 0 radical (unpaired) electrons. The molecule has 0 aromatic heterocycles. The molecule has 0 aliphatic carbocycles. The Morgan fingerprint density at radius 1 is 0.947 bits per heavy atom. The third-order valence-electron chi connectivity index (χ3n) is 3.50. The van der Waals surface area contributed by atoms with Crippen LogP contribution in [0.15, 0.2) is 24.3 Å². The predicted molar refractivity (Wildman–Crippen MR) is 81.8 cm³/mol. The van der Waals surface area contributed by atoms with Gasteiger partial charge in [-0.25, -0.2) is 0 Å². The number of carbonyl (C=O) groups excluding carboxylic acids is 1. The summed E-state index contributed by atoms with van der Waals surface area (Å²) in [6.07, 6.45) is 9.03. The van der Waals surface area contributed by atoms with Crippen LogP contribution in [-0.4, -0.2) is 19.4 Å². The highest BCUT2D eigenvalue weighted by Crippen LogP contribution is 2.11. The number of benzene rings is 1. The summed E-state index contributed by atoms with van der Waals surface area (Å²) in [7, 11) is 2.01. The number of hydrogen-bond acceptors (Lipinski definition) is 2. The number of rotatable bonds is 10. The number of hydrogen-bond donors (Lipinski definition) is 1. The van der Waals surface area contributed by atoms with Crippen molar-refractivity contribution in [3.63, 3.8) is 0 Å². The van der Waals surface area contributed by atoms with Gasteiger partial charge in [-0.2, -0.15) is 0 Å². The van der Waals surface area contributed by atoms with Gasteiger partial charge in [0.15, 0.2) is 5.78 Å². The lowest BCUT2D eigenvalue weighted by Crippen LogP contribution is -2.06. The quantitative estimate of drug-likeness (QED) is 0.509. The average molecular weight is 261 g/mol. The van der Waals surface area contributed by atoms with Crippen LogP contribution in [0.5, 0.6) is 0 Å². The number of unbranched alkanes of at least 4 members (excludes halogenated alkanes) is 5. The molecule has 19 heavy (non-hydrogen) atoms. The molecule has 0 aliphatic heterocycles. The lowest BCUT2D eigenvalue weighted by molar-refractivity contribution is 0.101. The van der Waals surface area contributed by atoms with E-state index in [1.165, 1.54) is 44.1 Å². The van der Waals surface area contributed by atoms with Crippen LogP contribution in [0.2, 0.25) is 0 Å². The van der Waals surface area contributed by atoms with Crippen molar-refractivity contribution in [3.05, 3.63) is 35.4 Å². The standard InChI is InChI=1S/C17H27NO/c1-15(19)17-12-10-16(11-13-17)9-7-5-3-4-6-8-14-18-2/h10-13,18H,3-9,14H2,1-2H3. The summed E-state index contributed by atoms with van der Waals surface area (Å²) >= 11 is 0. The van der Waals surface area contributed by atoms with Gasteiger partial charge in [-0.3, -0.25) is 4.79 Å². The Balaban J connectivity index is 2.07. The molecule has 1 N–H and O–H groups in total. The predicted octanol–water partition coefficient (Wildman–Crippen LogP) is 3.99. The van der Waals surface area contributed by atoms with Gasteiger partial charge < -0.3 is 5.32 Å². The maximum absolute atomic E-state index is 11.2. The largest absolute Gasteiger partial charge is 0.320 e. The molecule has 0 aliphatic rings. The van der Waals surface area contributed by atoms with Crippen molar-refractivity contribution in [2.45, 2.75) is 51.9 Å². The summed E-state index contributed by atoms with van der Waals surface area (Å²) in [5, 5.41) is 3.18. The molecule has 1 aromatic carbocycles. The van der Waals surface area contributed by atoms with Gasteiger partial charge in [0, 0.05) is 5.56 Å². The van der Waals surface area contributed by atoms with E-state index < -0.39 is 0 Å². The number of carbonyl (C=O) groups is 1. The number of ketones is 1. The van der Waals surface area contributed by atoms with E-state index in [1.54, 1.807) is 6.92 Å². The van der Waals surface area contributed by atoms with Crippen molar-refractivity contribution in [1.29, 1.82) is 0 Å². The zero-order valence-corrected chi connectivity index (χ0v) is 12.4. The number of nitrogens with one attached hydrogen (secondary N) is 1. The first-order valence-corrected chi connectivity index (χ1v) is 7.48. The van der Waals surface area contributed by atoms with E-state index in [0.717, 1.165) is 18.5 Å². The van der Waals surface area contributed by atoms with E-state index in [-0.39, 0.29) is 5.78 Å². The summed E-state index contributed by atoms with van der Waals surface area (Å²) in [5.74, 6) is 0.146. The summed E-state index contributed by atoms with van der Waals surface area (Å²) in [4.78, 5) is 11.2. The molecule has 0 heterocycles. The van der Waals surface area contributed by atoms with Gasteiger partial charge >= 0.3 is 0 Å². The fourth-order valence-corrected chi connectivity index (χ4v) is 2.24. The first-order chi connectivity index (χ1) is 9.24. The topological polar surface area (TPSA) is 29.1 Å². The van der Waals surface area contributed by atoms with Crippen molar-refractivity contribution < 1.29 is 4.79 Å². The molecule has 1 aromatic rings. The Morgan fingerprint density at radius 2 is 1.53 bits per heavy atom. The summed E-state index contributed by atoms with van der Waals surface area (Å²) < 4.78 is 0. The van der Waals surface area contributed by atoms with Gasteiger partial charge in [0.1, 0.15) is 0 Å². The molecule has 0 saturated carbocycles. The molecule has 0 spiro atoms. The summed E-state index contributed by atoms with van der Waals surface area (Å²) in [5.41, 5.74) is 2.16. The Morgan fingerprint density at radius 3 is 2.11 bits per heavy atom. The molecule has 0 saturated heterocycles. The van der Waals surface area contributed by atoms with Crippen molar-refractivity contribution in [1.82, 2.24) is 5.32 Å². The molecule has 106 valence electrons. The molecule has 2 heteroatoms. The maximum atomic E-state index is 11.2. The van der Waals surface area contributed by atoms with Crippen LogP contribution in [0.1, 0.15) is 61.4 Å². The Kier molecular flexibility index (Phi) is 8.15. The third kappa shape index (κ3) is 7.12. The molecule has 0 unspecified atom stereocenters. The molecule has 0 fully saturated rings. The second-order valence-electron chi connectivity index (χ2n) is 5.23. The second kappa shape index (κ2) is 9.74. The smallest absolute Gasteiger partial charge is 0.159 e. The van der Waals surface area contributed by atoms with Gasteiger partial charge in [0.25, 0.3) is 0 Å². The molecule has 0 atom stereocenters. The Hall–Kier alpha value is -1.15. The van der Waals surface area contributed by atoms with E-state index in [9.17, 15) is 4.79 Å². The minimum Gasteiger partial charge on any atom is -0.320 e. The van der Waals surface area contributed by atoms with Gasteiger partial charge in [-0.1, -0.05) is 49.9 Å². The van der Waals surface area contributed by atoms with Crippen LogP contribution in [-0.2, 0) is 6.42 Å². The molecule has 2 nitrogen and oxygen atoms in total. The third-order valence-corrected chi connectivity index (χ3v) is 3.50. The van der Waals surface area contributed by atoms with Crippen LogP contribution >= 0.6 is 0 Å². The fraction of sp³-hybridized carbons (Fsp3) is 0.588. The van der Waals surface area contributed by atoms with E-state index in [4.69, 9.17) is 0 Å². The van der Waals surface area contributed by atoms with E-state index in [1.807, 2.05) is 19.2 Å². The van der Waals surface area contributed by atoms with Crippen LogP contribution in [0.3, 0.4) is 0 Å². The van der Waals surface area contributed by atoms with Crippen LogP contribution < -0.4 is 5.32 Å². The van der Waals surface area contributed by atoms with Crippen molar-refractivity contribution in [2.75, 3.05) is 13.6 Å². The van der Waals surface area contributed by atoms with E-state index in [2.05, 4.69) is 17.4 Å². The van der Waals surface area contributed by atoms with Gasteiger partial charge in [0.05, 0.1) is 0 Å². The molecular formula is C17H27NO. The van der Waals surface area contributed by atoms with E-state index >= 15 is 0 Å². The van der Waals surface area contributed by atoms with Crippen LogP contribution in [0.25, 0.3) is 0 Å². The number of Topliss-reactive ketones (excluding diaryl/α,β-unsaturated/α-hetero) is 1. The summed E-state index contributed by atoms with van der Waals surface area (Å²) in [6, 6.07) is 8.05. The first kappa shape index (κ1) is 15.9. The van der Waals surface area contributed by atoms with Gasteiger partial charge in [-0.05, 0) is 45.3 Å². The molecule has 1 rings (SSSR count). The zero-order chi connectivity index (χ0) is 13.9. The lowest BCUT2D eigenvalue weighted by Gasteiger charge is -2.03. The van der Waals surface area contributed by atoms with Gasteiger partial charge in [0.2, 0.25) is 0 Å². The van der Waals surface area contributed by atoms with Crippen LogP contribution in [0.4, 0.5) is 0 Å². The molecular weight excluding hydrogens is 234 g/mol. The van der Waals surface area contributed by atoms with E-state index in [0.29, 0.717) is 0 Å². The van der Waals surface area contributed by atoms with Crippen LogP contribution in [0, 0.1) is 0 Å². The minimum atomic E-state index is 0.146. The fourth-order valence-electron chi connectivity index (χ4n) is 2.24. The highest BCUT2D eigenvalue weighted by Gasteiger charge is 1.99. The molecule has 0 bridgehead atoms. The summed E-state index contributed by atoms with van der Waals surface area (Å²) in [6.45, 7) is 2.76. The second-order valence-corrected chi connectivity index (χ2v) is 5.23. The minimum absolute atomic E-state index is 0.146. The highest BCUT2D eigenvalue weighted by atomic mass is 16.1. The van der Waals surface area contributed by atoms with Gasteiger partial charge in [-0.15, -0.1) is 0 Å². The normalized spacial score (nSPS) is 10.6. The number of aryl methyl sites for hydroxylation is 1.